The predicted octanol–water partition coefficient (Wildman–Crippen LogP) is 2.33. The zero-order chi connectivity index (χ0) is 11.6. The van der Waals surface area contributed by atoms with Crippen LogP contribution < -0.4 is 0 Å². The molecule has 0 aromatic carbocycles. The van der Waals surface area contributed by atoms with Gasteiger partial charge in [-0.05, 0) is 25.2 Å². The number of amides is 1. The molecule has 0 N–H and O–H groups in total. The van der Waals surface area contributed by atoms with Crippen molar-refractivity contribution in [2.45, 2.75) is 45.4 Å². The van der Waals surface area contributed by atoms with Crippen LogP contribution in [0.15, 0.2) is 0 Å². The molecule has 1 aliphatic heterocycles. The fourth-order valence-electron chi connectivity index (χ4n) is 3.01. The van der Waals surface area contributed by atoms with E-state index >= 15 is 0 Å². The minimum Gasteiger partial charge on any atom is -0.341 e. The number of carbonyl (C=O) groups excluding carboxylic acids is 1. The summed E-state index contributed by atoms with van der Waals surface area (Å²) in [5.41, 5.74) is -0.664. The summed E-state index contributed by atoms with van der Waals surface area (Å²) in [6.07, 6.45) is 5.87. The standard InChI is InChI=1S/C13H20N2O/c1-2-11-5-8-15(9-11)12(16)13(10-14)6-3-4-7-13/h11H,2-9H2,1H3. The number of likely N-dealkylation sites (tertiary alicyclic amines) is 1. The van der Waals surface area contributed by atoms with Gasteiger partial charge in [-0.15, -0.1) is 0 Å². The SMILES string of the molecule is CCC1CCN(C(=O)C2(C#N)CCCC2)C1. The van der Waals surface area contributed by atoms with E-state index in [4.69, 9.17) is 0 Å². The maximum atomic E-state index is 12.4. The number of hydrogen-bond donors (Lipinski definition) is 0. The predicted molar refractivity (Wildman–Crippen MR) is 61.5 cm³/mol. The maximum absolute atomic E-state index is 12.4. The first-order valence-corrected chi connectivity index (χ1v) is 6.42. The lowest BCUT2D eigenvalue weighted by atomic mass is 9.86. The summed E-state index contributed by atoms with van der Waals surface area (Å²) in [6.45, 7) is 3.91. The van der Waals surface area contributed by atoms with Crippen LogP contribution in [0.1, 0.15) is 45.4 Å². The Morgan fingerprint density at radius 3 is 2.69 bits per heavy atom. The van der Waals surface area contributed by atoms with Crippen molar-refractivity contribution in [3.8, 4) is 6.07 Å². The molecule has 2 fully saturated rings. The molecule has 1 unspecified atom stereocenters. The Kier molecular flexibility index (Phi) is 3.18. The first-order chi connectivity index (χ1) is 7.72. The zero-order valence-corrected chi connectivity index (χ0v) is 10.0. The quantitative estimate of drug-likeness (QED) is 0.717. The van der Waals surface area contributed by atoms with E-state index in [0.717, 1.165) is 51.6 Å². The van der Waals surface area contributed by atoms with Crippen LogP contribution in [-0.4, -0.2) is 23.9 Å². The van der Waals surface area contributed by atoms with Crippen molar-refractivity contribution >= 4 is 5.91 Å². The molecule has 0 radical (unpaired) electrons. The van der Waals surface area contributed by atoms with Crippen molar-refractivity contribution in [2.75, 3.05) is 13.1 Å². The second kappa shape index (κ2) is 4.45. The molecule has 3 nitrogen and oxygen atoms in total. The van der Waals surface area contributed by atoms with Gasteiger partial charge < -0.3 is 4.90 Å². The van der Waals surface area contributed by atoms with Crippen LogP contribution in [0.3, 0.4) is 0 Å². The number of nitriles is 1. The topological polar surface area (TPSA) is 44.1 Å². The van der Waals surface area contributed by atoms with Gasteiger partial charge in [-0.1, -0.05) is 26.2 Å². The smallest absolute Gasteiger partial charge is 0.243 e. The van der Waals surface area contributed by atoms with Gasteiger partial charge in [0.15, 0.2) is 0 Å². The molecule has 0 aromatic rings. The highest BCUT2D eigenvalue weighted by atomic mass is 16.2. The summed E-state index contributed by atoms with van der Waals surface area (Å²) >= 11 is 0. The summed E-state index contributed by atoms with van der Waals surface area (Å²) in [5, 5.41) is 9.27. The van der Waals surface area contributed by atoms with E-state index in [-0.39, 0.29) is 5.91 Å². The van der Waals surface area contributed by atoms with E-state index < -0.39 is 5.41 Å². The highest BCUT2D eigenvalue weighted by Crippen LogP contribution is 2.40. The van der Waals surface area contributed by atoms with Crippen LogP contribution in [0, 0.1) is 22.7 Å². The molecule has 1 heterocycles. The Hall–Kier alpha value is -1.04. The fraction of sp³-hybridized carbons (Fsp3) is 0.846. The molecule has 2 aliphatic rings. The lowest BCUT2D eigenvalue weighted by Gasteiger charge is -2.26. The Bertz CT molecular complexity index is 312. The third-order valence-corrected chi connectivity index (χ3v) is 4.23. The molecule has 2 rings (SSSR count). The van der Waals surface area contributed by atoms with Crippen LogP contribution in [0.5, 0.6) is 0 Å². The number of carbonyl (C=O) groups is 1. The van der Waals surface area contributed by atoms with Crippen molar-refractivity contribution in [1.29, 1.82) is 5.26 Å². The highest BCUT2D eigenvalue weighted by Gasteiger charge is 2.45. The molecule has 1 amide bonds. The number of nitrogens with zero attached hydrogens (tertiary/aromatic N) is 2. The summed E-state index contributed by atoms with van der Waals surface area (Å²) in [5.74, 6) is 0.768. The lowest BCUT2D eigenvalue weighted by Crippen LogP contribution is -2.40. The minimum atomic E-state index is -0.664. The zero-order valence-electron chi connectivity index (χ0n) is 10.0. The molecule has 1 saturated heterocycles. The van der Waals surface area contributed by atoms with Crippen molar-refractivity contribution in [3.63, 3.8) is 0 Å². The molecule has 1 atom stereocenters. The first-order valence-electron chi connectivity index (χ1n) is 6.42. The van der Waals surface area contributed by atoms with Gasteiger partial charge in [0.1, 0.15) is 5.41 Å². The first kappa shape index (κ1) is 11.4. The van der Waals surface area contributed by atoms with E-state index in [0.29, 0.717) is 5.92 Å². The van der Waals surface area contributed by atoms with E-state index in [1.807, 2.05) is 4.90 Å². The third-order valence-electron chi connectivity index (χ3n) is 4.23. The van der Waals surface area contributed by atoms with Crippen LogP contribution in [0.4, 0.5) is 0 Å². The molecule has 0 spiro atoms. The van der Waals surface area contributed by atoms with Crippen LogP contribution in [0.2, 0.25) is 0 Å². The Labute approximate surface area is 97.4 Å². The van der Waals surface area contributed by atoms with Gasteiger partial charge >= 0.3 is 0 Å². The van der Waals surface area contributed by atoms with Crippen LogP contribution in [-0.2, 0) is 4.79 Å². The molecular formula is C13H20N2O. The average Bonchev–Trinajstić information content (AvgIpc) is 2.98. The van der Waals surface area contributed by atoms with E-state index in [2.05, 4.69) is 13.0 Å². The van der Waals surface area contributed by atoms with Gasteiger partial charge in [0, 0.05) is 13.1 Å². The maximum Gasteiger partial charge on any atom is 0.243 e. The summed E-state index contributed by atoms with van der Waals surface area (Å²) in [6, 6.07) is 2.30. The highest BCUT2D eigenvalue weighted by molar-refractivity contribution is 5.86. The summed E-state index contributed by atoms with van der Waals surface area (Å²) < 4.78 is 0. The largest absolute Gasteiger partial charge is 0.341 e. The van der Waals surface area contributed by atoms with Crippen molar-refractivity contribution in [2.24, 2.45) is 11.3 Å². The molecular weight excluding hydrogens is 200 g/mol. The summed E-state index contributed by atoms with van der Waals surface area (Å²) in [4.78, 5) is 14.3. The Balaban J connectivity index is 2.05. The van der Waals surface area contributed by atoms with E-state index in [1.165, 1.54) is 0 Å². The van der Waals surface area contributed by atoms with Crippen LogP contribution >= 0.6 is 0 Å². The third kappa shape index (κ3) is 1.81. The van der Waals surface area contributed by atoms with E-state index in [1.54, 1.807) is 0 Å². The second-order valence-corrected chi connectivity index (χ2v) is 5.22. The van der Waals surface area contributed by atoms with E-state index in [9.17, 15) is 10.1 Å². The van der Waals surface area contributed by atoms with Gasteiger partial charge in [0.2, 0.25) is 5.91 Å². The fourth-order valence-corrected chi connectivity index (χ4v) is 3.01. The normalized spacial score (nSPS) is 28.0. The van der Waals surface area contributed by atoms with Gasteiger partial charge in [0.05, 0.1) is 6.07 Å². The molecule has 3 heteroatoms. The number of hydrogen-bond acceptors (Lipinski definition) is 2. The molecule has 16 heavy (non-hydrogen) atoms. The van der Waals surface area contributed by atoms with Crippen LogP contribution in [0.25, 0.3) is 0 Å². The van der Waals surface area contributed by atoms with Crippen molar-refractivity contribution < 1.29 is 4.79 Å². The Morgan fingerprint density at radius 1 is 1.50 bits per heavy atom. The van der Waals surface area contributed by atoms with Crippen molar-refractivity contribution in [1.82, 2.24) is 4.90 Å². The second-order valence-electron chi connectivity index (χ2n) is 5.22. The summed E-state index contributed by atoms with van der Waals surface area (Å²) in [7, 11) is 0. The van der Waals surface area contributed by atoms with Crippen molar-refractivity contribution in [3.05, 3.63) is 0 Å². The van der Waals surface area contributed by atoms with Gasteiger partial charge in [0.25, 0.3) is 0 Å². The number of rotatable bonds is 2. The van der Waals surface area contributed by atoms with Gasteiger partial charge in [-0.25, -0.2) is 0 Å². The minimum absolute atomic E-state index is 0.114. The lowest BCUT2D eigenvalue weighted by molar-refractivity contribution is -0.137. The molecule has 0 aromatic heterocycles. The van der Waals surface area contributed by atoms with Gasteiger partial charge in [-0.2, -0.15) is 5.26 Å². The average molecular weight is 220 g/mol. The Morgan fingerprint density at radius 2 is 2.19 bits per heavy atom. The molecule has 0 bridgehead atoms. The molecule has 88 valence electrons. The molecule has 1 aliphatic carbocycles. The van der Waals surface area contributed by atoms with Gasteiger partial charge in [-0.3, -0.25) is 4.79 Å². The monoisotopic (exact) mass is 220 g/mol. The molecule has 1 saturated carbocycles.